The van der Waals surface area contributed by atoms with Crippen molar-refractivity contribution >= 4 is 17.3 Å². The Morgan fingerprint density at radius 1 is 1.44 bits per heavy atom. The Balaban J connectivity index is 1.90. The number of aliphatic hydroxyl groups excluding tert-OH is 1. The maximum absolute atomic E-state index is 11.4. The molecule has 1 unspecified atom stereocenters. The van der Waals surface area contributed by atoms with Crippen molar-refractivity contribution in [2.45, 2.75) is 38.3 Å². The molecule has 0 saturated heterocycles. The molecular formula is C14H18N2O2. The van der Waals surface area contributed by atoms with Crippen LogP contribution in [-0.2, 0) is 4.79 Å². The van der Waals surface area contributed by atoms with Crippen molar-refractivity contribution in [3.05, 3.63) is 23.8 Å². The third-order valence-electron chi connectivity index (χ3n) is 3.62. The van der Waals surface area contributed by atoms with Crippen LogP contribution in [0.1, 0.15) is 37.9 Å². The van der Waals surface area contributed by atoms with Gasteiger partial charge in [-0.3, -0.25) is 4.79 Å². The van der Waals surface area contributed by atoms with E-state index in [2.05, 4.69) is 17.1 Å². The normalized spacial score (nSPS) is 21.7. The molecule has 1 heterocycles. The smallest absolute Gasteiger partial charge is 0.257 e. The Bertz CT molecular complexity index is 483. The van der Waals surface area contributed by atoms with Crippen molar-refractivity contribution in [1.82, 2.24) is 0 Å². The molecule has 0 bridgehead atoms. The molecule has 4 heteroatoms. The van der Waals surface area contributed by atoms with Gasteiger partial charge in [0.25, 0.3) is 5.91 Å². The average Bonchev–Trinajstić information content (AvgIpc) is 3.15. The third kappa shape index (κ3) is 1.86. The summed E-state index contributed by atoms with van der Waals surface area (Å²) in [5.41, 5.74) is 2.59. The second-order valence-electron chi connectivity index (χ2n) is 5.09. The molecule has 0 radical (unpaired) electrons. The zero-order valence-electron chi connectivity index (χ0n) is 10.5. The Morgan fingerprint density at radius 3 is 2.89 bits per heavy atom. The van der Waals surface area contributed by atoms with Gasteiger partial charge in [-0.1, -0.05) is 13.0 Å². The number of hydrogen-bond donors (Lipinski definition) is 2. The molecule has 2 aliphatic rings. The quantitative estimate of drug-likeness (QED) is 0.855. The van der Waals surface area contributed by atoms with Gasteiger partial charge < -0.3 is 15.3 Å². The maximum Gasteiger partial charge on any atom is 0.257 e. The predicted octanol–water partition coefficient (Wildman–Crippen LogP) is 2.05. The SMILES string of the molecule is CCCN(c1ccc2c(c1)NC(=O)C2O)C1CC1. The van der Waals surface area contributed by atoms with E-state index in [1.165, 1.54) is 12.8 Å². The minimum Gasteiger partial charge on any atom is -0.378 e. The van der Waals surface area contributed by atoms with E-state index in [-0.39, 0.29) is 5.91 Å². The van der Waals surface area contributed by atoms with Gasteiger partial charge in [-0.2, -0.15) is 0 Å². The molecule has 1 aromatic carbocycles. The number of rotatable bonds is 4. The number of benzene rings is 1. The van der Waals surface area contributed by atoms with Gasteiger partial charge in [0.2, 0.25) is 0 Å². The molecule has 1 amide bonds. The standard InChI is InChI=1S/C14H18N2O2/c1-2-7-16(9-3-4-9)10-5-6-11-12(8-10)15-14(18)13(11)17/h5-6,8-9,13,17H,2-4,7H2,1H3,(H,15,18). The largest absolute Gasteiger partial charge is 0.378 e. The number of anilines is 2. The number of carbonyl (C=O) groups excluding carboxylic acids is 1. The highest BCUT2D eigenvalue weighted by molar-refractivity contribution is 6.02. The summed E-state index contributed by atoms with van der Waals surface area (Å²) in [7, 11) is 0. The first-order valence-corrected chi connectivity index (χ1v) is 6.60. The summed E-state index contributed by atoms with van der Waals surface area (Å²) in [6.07, 6.45) is 2.62. The van der Waals surface area contributed by atoms with Gasteiger partial charge in [0.15, 0.2) is 6.10 Å². The van der Waals surface area contributed by atoms with Crippen molar-refractivity contribution in [3.63, 3.8) is 0 Å². The highest BCUT2D eigenvalue weighted by Crippen LogP contribution is 2.37. The number of aliphatic hydroxyl groups is 1. The molecule has 3 rings (SSSR count). The lowest BCUT2D eigenvalue weighted by Gasteiger charge is -2.24. The van der Waals surface area contributed by atoms with E-state index in [1.807, 2.05) is 18.2 Å². The monoisotopic (exact) mass is 246 g/mol. The van der Waals surface area contributed by atoms with Crippen LogP contribution < -0.4 is 10.2 Å². The fourth-order valence-corrected chi connectivity index (χ4v) is 2.56. The summed E-state index contributed by atoms with van der Waals surface area (Å²) < 4.78 is 0. The summed E-state index contributed by atoms with van der Waals surface area (Å²) in [5, 5.41) is 12.4. The maximum atomic E-state index is 11.4. The van der Waals surface area contributed by atoms with Crippen molar-refractivity contribution in [3.8, 4) is 0 Å². The highest BCUT2D eigenvalue weighted by atomic mass is 16.3. The Kier molecular flexibility index (Phi) is 2.74. The van der Waals surface area contributed by atoms with E-state index in [4.69, 9.17) is 0 Å². The van der Waals surface area contributed by atoms with Crippen LogP contribution in [0.2, 0.25) is 0 Å². The molecule has 1 aromatic rings. The van der Waals surface area contributed by atoms with Gasteiger partial charge >= 0.3 is 0 Å². The topological polar surface area (TPSA) is 52.6 Å². The second-order valence-corrected chi connectivity index (χ2v) is 5.09. The highest BCUT2D eigenvalue weighted by Gasteiger charge is 2.32. The minimum atomic E-state index is -1.00. The lowest BCUT2D eigenvalue weighted by molar-refractivity contribution is -0.123. The van der Waals surface area contributed by atoms with Gasteiger partial charge in [-0.15, -0.1) is 0 Å². The zero-order valence-corrected chi connectivity index (χ0v) is 10.5. The van der Waals surface area contributed by atoms with Crippen molar-refractivity contribution < 1.29 is 9.90 Å². The molecule has 96 valence electrons. The summed E-state index contributed by atoms with van der Waals surface area (Å²) in [5.74, 6) is -0.324. The molecule has 1 saturated carbocycles. The molecule has 0 spiro atoms. The lowest BCUT2D eigenvalue weighted by atomic mass is 10.1. The van der Waals surface area contributed by atoms with Crippen LogP contribution in [0.25, 0.3) is 0 Å². The Morgan fingerprint density at radius 2 is 2.22 bits per heavy atom. The molecule has 1 aliphatic carbocycles. The van der Waals surface area contributed by atoms with E-state index in [0.29, 0.717) is 11.6 Å². The van der Waals surface area contributed by atoms with E-state index >= 15 is 0 Å². The van der Waals surface area contributed by atoms with Gasteiger partial charge in [0.05, 0.1) is 0 Å². The molecular weight excluding hydrogens is 228 g/mol. The van der Waals surface area contributed by atoms with Crippen molar-refractivity contribution in [2.75, 3.05) is 16.8 Å². The van der Waals surface area contributed by atoms with E-state index < -0.39 is 6.10 Å². The van der Waals surface area contributed by atoms with E-state index in [9.17, 15) is 9.90 Å². The molecule has 1 fully saturated rings. The van der Waals surface area contributed by atoms with Crippen LogP contribution in [0.4, 0.5) is 11.4 Å². The lowest BCUT2D eigenvalue weighted by Crippen LogP contribution is -2.26. The van der Waals surface area contributed by atoms with Gasteiger partial charge in [0, 0.05) is 29.5 Å². The minimum absolute atomic E-state index is 0.324. The number of nitrogens with one attached hydrogen (secondary N) is 1. The van der Waals surface area contributed by atoms with E-state index in [1.54, 1.807) is 0 Å². The zero-order chi connectivity index (χ0) is 12.7. The molecule has 0 aromatic heterocycles. The first-order valence-electron chi connectivity index (χ1n) is 6.60. The van der Waals surface area contributed by atoms with Crippen LogP contribution in [0, 0.1) is 0 Å². The van der Waals surface area contributed by atoms with Crippen LogP contribution in [0.3, 0.4) is 0 Å². The molecule has 18 heavy (non-hydrogen) atoms. The summed E-state index contributed by atoms with van der Waals surface area (Å²) >= 11 is 0. The number of hydrogen-bond acceptors (Lipinski definition) is 3. The molecule has 1 atom stereocenters. The van der Waals surface area contributed by atoms with Crippen molar-refractivity contribution in [2.24, 2.45) is 0 Å². The van der Waals surface area contributed by atoms with Crippen LogP contribution >= 0.6 is 0 Å². The van der Waals surface area contributed by atoms with Gasteiger partial charge in [-0.25, -0.2) is 0 Å². The average molecular weight is 246 g/mol. The Labute approximate surface area is 107 Å². The summed E-state index contributed by atoms with van der Waals surface area (Å²) in [6.45, 7) is 3.22. The predicted molar refractivity (Wildman–Crippen MR) is 70.7 cm³/mol. The molecule has 4 nitrogen and oxygen atoms in total. The summed E-state index contributed by atoms with van der Waals surface area (Å²) in [6, 6.07) is 6.51. The number of nitrogens with zero attached hydrogens (tertiary/aromatic N) is 1. The third-order valence-corrected chi connectivity index (χ3v) is 3.62. The first kappa shape index (κ1) is 11.5. The number of amides is 1. The molecule has 2 N–H and O–H groups in total. The number of fused-ring (bicyclic) bond motifs is 1. The first-order chi connectivity index (χ1) is 8.70. The number of carbonyl (C=O) groups is 1. The van der Waals surface area contributed by atoms with Crippen LogP contribution in [0.15, 0.2) is 18.2 Å². The fourth-order valence-electron chi connectivity index (χ4n) is 2.56. The Hall–Kier alpha value is -1.55. The molecule has 1 aliphatic heterocycles. The van der Waals surface area contributed by atoms with Gasteiger partial charge in [-0.05, 0) is 31.4 Å². The van der Waals surface area contributed by atoms with Crippen LogP contribution in [0.5, 0.6) is 0 Å². The van der Waals surface area contributed by atoms with Crippen LogP contribution in [-0.4, -0.2) is 23.6 Å². The fraction of sp³-hybridized carbons (Fsp3) is 0.500. The van der Waals surface area contributed by atoms with Crippen molar-refractivity contribution in [1.29, 1.82) is 0 Å². The van der Waals surface area contributed by atoms with E-state index in [0.717, 1.165) is 24.3 Å². The van der Waals surface area contributed by atoms with Gasteiger partial charge in [0.1, 0.15) is 0 Å². The second kappa shape index (κ2) is 4.28. The summed E-state index contributed by atoms with van der Waals surface area (Å²) in [4.78, 5) is 13.8.